The summed E-state index contributed by atoms with van der Waals surface area (Å²) < 4.78 is 0. The van der Waals surface area contributed by atoms with Gasteiger partial charge in [-0.25, -0.2) is 9.97 Å². The van der Waals surface area contributed by atoms with Crippen LogP contribution in [0.15, 0.2) is 23.5 Å². The summed E-state index contributed by atoms with van der Waals surface area (Å²) in [6.45, 7) is 7.64. The number of nitrogens with zero attached hydrogens (tertiary/aromatic N) is 6. The number of guanidine groups is 1. The summed E-state index contributed by atoms with van der Waals surface area (Å²) in [5.74, 6) is 2.32. The van der Waals surface area contributed by atoms with E-state index in [1.165, 1.54) is 12.8 Å². The Kier molecular flexibility index (Phi) is 10.4. The third-order valence-corrected chi connectivity index (χ3v) is 6.92. The zero-order chi connectivity index (χ0) is 22.2. The SMILES string of the molecule is CN=C(NCCCN1CCN(c2ncccn2)CC1)NC1CCN(C(=O)C2CCCC2)C1.I. The quantitative estimate of drug-likeness (QED) is 0.223. The molecule has 0 spiro atoms. The predicted molar refractivity (Wildman–Crippen MR) is 142 cm³/mol. The Bertz CT molecular complexity index is 750. The molecule has 1 unspecified atom stereocenters. The number of amides is 1. The molecule has 1 aromatic rings. The lowest BCUT2D eigenvalue weighted by atomic mass is 10.1. The van der Waals surface area contributed by atoms with Crippen LogP contribution in [-0.2, 0) is 4.79 Å². The molecule has 184 valence electrons. The fraction of sp³-hybridized carbons (Fsp3) is 0.739. The number of carbonyl (C=O) groups is 1. The van der Waals surface area contributed by atoms with Gasteiger partial charge in [-0.05, 0) is 38.3 Å². The fourth-order valence-electron chi connectivity index (χ4n) is 5.03. The number of hydrogen-bond donors (Lipinski definition) is 2. The van der Waals surface area contributed by atoms with E-state index in [9.17, 15) is 4.79 Å². The molecule has 10 heteroatoms. The van der Waals surface area contributed by atoms with Crippen LogP contribution < -0.4 is 15.5 Å². The number of hydrogen-bond acceptors (Lipinski definition) is 6. The van der Waals surface area contributed by atoms with E-state index in [1.54, 1.807) is 12.4 Å². The third-order valence-electron chi connectivity index (χ3n) is 6.92. The average molecular weight is 571 g/mol. The van der Waals surface area contributed by atoms with Crippen LogP contribution in [0.1, 0.15) is 38.5 Å². The molecule has 1 atom stereocenters. The molecule has 1 aromatic heterocycles. The lowest BCUT2D eigenvalue weighted by Crippen LogP contribution is -2.48. The van der Waals surface area contributed by atoms with Crippen LogP contribution in [-0.4, -0.2) is 97.1 Å². The van der Waals surface area contributed by atoms with Crippen molar-refractivity contribution in [1.29, 1.82) is 0 Å². The molecule has 3 heterocycles. The summed E-state index contributed by atoms with van der Waals surface area (Å²) in [5.41, 5.74) is 0. The van der Waals surface area contributed by atoms with E-state index in [0.717, 1.165) is 89.9 Å². The summed E-state index contributed by atoms with van der Waals surface area (Å²) in [7, 11) is 1.82. The van der Waals surface area contributed by atoms with Gasteiger partial charge in [0.15, 0.2) is 5.96 Å². The van der Waals surface area contributed by atoms with E-state index in [2.05, 4.69) is 40.3 Å². The Morgan fingerprint density at radius 1 is 1.09 bits per heavy atom. The summed E-state index contributed by atoms with van der Waals surface area (Å²) in [6, 6.07) is 2.15. The van der Waals surface area contributed by atoms with Crippen LogP contribution in [0.4, 0.5) is 5.95 Å². The summed E-state index contributed by atoms with van der Waals surface area (Å²) in [5, 5.41) is 6.96. The Hall–Kier alpha value is -1.69. The highest BCUT2D eigenvalue weighted by molar-refractivity contribution is 14.0. The Morgan fingerprint density at radius 2 is 1.82 bits per heavy atom. The molecule has 0 aromatic carbocycles. The zero-order valence-electron chi connectivity index (χ0n) is 19.8. The van der Waals surface area contributed by atoms with Crippen molar-refractivity contribution in [2.45, 2.75) is 44.6 Å². The second-order valence-corrected chi connectivity index (χ2v) is 9.13. The molecule has 3 fully saturated rings. The molecule has 1 saturated carbocycles. The van der Waals surface area contributed by atoms with Crippen molar-refractivity contribution in [2.75, 3.05) is 64.3 Å². The van der Waals surface area contributed by atoms with Gasteiger partial charge >= 0.3 is 0 Å². The van der Waals surface area contributed by atoms with E-state index < -0.39 is 0 Å². The Balaban J connectivity index is 0.00000306. The van der Waals surface area contributed by atoms with Gasteiger partial charge in [-0.3, -0.25) is 14.7 Å². The highest BCUT2D eigenvalue weighted by Crippen LogP contribution is 2.27. The number of nitrogens with one attached hydrogen (secondary N) is 2. The summed E-state index contributed by atoms with van der Waals surface area (Å²) in [6.07, 6.45) is 10.2. The second kappa shape index (κ2) is 13.3. The molecule has 33 heavy (non-hydrogen) atoms. The first-order chi connectivity index (χ1) is 15.7. The first kappa shape index (κ1) is 25.9. The van der Waals surface area contributed by atoms with Gasteiger partial charge in [0, 0.05) is 77.2 Å². The highest BCUT2D eigenvalue weighted by Gasteiger charge is 2.32. The predicted octanol–water partition coefficient (Wildman–Crippen LogP) is 1.56. The van der Waals surface area contributed by atoms with Crippen molar-refractivity contribution < 1.29 is 4.79 Å². The first-order valence-corrected chi connectivity index (χ1v) is 12.2. The third kappa shape index (κ3) is 7.40. The van der Waals surface area contributed by atoms with E-state index in [0.29, 0.717) is 11.9 Å². The standard InChI is InChI=1S/C23H38N8O.HI/c1-24-22(28-20-8-13-31(18-20)21(32)19-6-2-3-7-19)25-11-5-12-29-14-16-30(17-15-29)23-26-9-4-10-27-23;/h4,9-10,19-20H,2-3,5-8,11-18H2,1H3,(H2,24,25,28);1H. The smallest absolute Gasteiger partial charge is 0.225 e. The molecule has 4 rings (SSSR count). The minimum absolute atomic E-state index is 0. The van der Waals surface area contributed by atoms with Crippen molar-refractivity contribution in [2.24, 2.45) is 10.9 Å². The second-order valence-electron chi connectivity index (χ2n) is 9.13. The molecule has 3 aliphatic rings. The number of aliphatic imine (C=N–C) groups is 1. The van der Waals surface area contributed by atoms with Crippen LogP contribution in [0.25, 0.3) is 0 Å². The van der Waals surface area contributed by atoms with Crippen LogP contribution in [0.3, 0.4) is 0 Å². The van der Waals surface area contributed by atoms with Gasteiger partial charge < -0.3 is 20.4 Å². The summed E-state index contributed by atoms with van der Waals surface area (Å²) >= 11 is 0. The number of rotatable bonds is 7. The van der Waals surface area contributed by atoms with Gasteiger partial charge in [0.25, 0.3) is 0 Å². The number of likely N-dealkylation sites (tertiary alicyclic amines) is 1. The van der Waals surface area contributed by atoms with Crippen molar-refractivity contribution in [3.8, 4) is 0 Å². The van der Waals surface area contributed by atoms with E-state index in [-0.39, 0.29) is 29.9 Å². The molecule has 9 nitrogen and oxygen atoms in total. The van der Waals surface area contributed by atoms with E-state index in [4.69, 9.17) is 0 Å². The molecule has 2 aliphatic heterocycles. The van der Waals surface area contributed by atoms with Crippen LogP contribution in [0.5, 0.6) is 0 Å². The molecule has 2 saturated heterocycles. The molecular weight excluding hydrogens is 531 g/mol. The minimum atomic E-state index is 0. The van der Waals surface area contributed by atoms with Gasteiger partial charge in [0.2, 0.25) is 11.9 Å². The maximum Gasteiger partial charge on any atom is 0.225 e. The average Bonchev–Trinajstić information content (AvgIpc) is 3.54. The van der Waals surface area contributed by atoms with Crippen molar-refractivity contribution >= 4 is 41.8 Å². The van der Waals surface area contributed by atoms with Gasteiger partial charge in [0.05, 0.1) is 0 Å². The molecule has 0 radical (unpaired) electrons. The van der Waals surface area contributed by atoms with Crippen LogP contribution in [0.2, 0.25) is 0 Å². The van der Waals surface area contributed by atoms with Crippen LogP contribution >= 0.6 is 24.0 Å². The highest BCUT2D eigenvalue weighted by atomic mass is 127. The maximum absolute atomic E-state index is 12.6. The van der Waals surface area contributed by atoms with Crippen LogP contribution in [0, 0.1) is 5.92 Å². The minimum Gasteiger partial charge on any atom is -0.356 e. The summed E-state index contributed by atoms with van der Waals surface area (Å²) in [4.78, 5) is 32.5. The molecule has 1 amide bonds. The van der Waals surface area contributed by atoms with Gasteiger partial charge in [-0.15, -0.1) is 24.0 Å². The lowest BCUT2D eigenvalue weighted by Gasteiger charge is -2.34. The number of halogens is 1. The number of carbonyl (C=O) groups excluding carboxylic acids is 1. The van der Waals surface area contributed by atoms with E-state index >= 15 is 0 Å². The maximum atomic E-state index is 12.6. The lowest BCUT2D eigenvalue weighted by molar-refractivity contribution is -0.134. The van der Waals surface area contributed by atoms with Crippen molar-refractivity contribution in [1.82, 2.24) is 30.4 Å². The van der Waals surface area contributed by atoms with E-state index in [1.807, 2.05) is 13.1 Å². The van der Waals surface area contributed by atoms with Gasteiger partial charge in [0.1, 0.15) is 0 Å². The normalized spacial score (nSPS) is 22.3. The largest absolute Gasteiger partial charge is 0.356 e. The topological polar surface area (TPSA) is 89.0 Å². The Morgan fingerprint density at radius 3 is 2.52 bits per heavy atom. The Labute approximate surface area is 214 Å². The molecular formula is C23H39IN8O. The molecule has 1 aliphatic carbocycles. The number of aromatic nitrogens is 2. The zero-order valence-corrected chi connectivity index (χ0v) is 22.1. The van der Waals surface area contributed by atoms with Gasteiger partial charge in [-0.1, -0.05) is 12.8 Å². The number of piperazine rings is 1. The van der Waals surface area contributed by atoms with Gasteiger partial charge in [-0.2, -0.15) is 0 Å². The first-order valence-electron chi connectivity index (χ1n) is 12.2. The number of anilines is 1. The van der Waals surface area contributed by atoms with Crippen molar-refractivity contribution in [3.63, 3.8) is 0 Å². The molecule has 0 bridgehead atoms. The monoisotopic (exact) mass is 570 g/mol. The molecule has 2 N–H and O–H groups in total. The van der Waals surface area contributed by atoms with Crippen molar-refractivity contribution in [3.05, 3.63) is 18.5 Å². The fourth-order valence-corrected chi connectivity index (χ4v) is 5.03.